The van der Waals surface area contributed by atoms with Crippen molar-refractivity contribution in [2.75, 3.05) is 13.2 Å². The average Bonchev–Trinajstić information content (AvgIpc) is 2.11. The van der Waals surface area contributed by atoms with Crippen molar-refractivity contribution in [1.82, 2.24) is 0 Å². The fraction of sp³-hybridized carbons (Fsp3) is 0.857. The van der Waals surface area contributed by atoms with Crippen LogP contribution < -0.4 is 0 Å². The molecule has 0 aliphatic carbocycles. The third kappa shape index (κ3) is 3.77. The molecule has 0 saturated carbocycles. The number of hydrogen-bond donors (Lipinski definition) is 4. The summed E-state index contributed by atoms with van der Waals surface area (Å²) in [7, 11) is 0. The minimum absolute atomic E-state index is 0.00866. The summed E-state index contributed by atoms with van der Waals surface area (Å²) in [5.41, 5.74) is 0. The molecule has 0 radical (unpaired) electrons. The van der Waals surface area contributed by atoms with E-state index >= 15 is 0 Å². The minimum Gasteiger partial charge on any atom is -0.396 e. The Labute approximate surface area is 70.3 Å². The number of Topliss-reactive ketones (excluding diaryl/α,β-unsaturated/α-hetero) is 1. The molecule has 0 saturated heterocycles. The van der Waals surface area contributed by atoms with Crippen LogP contribution in [0.1, 0.15) is 12.8 Å². The van der Waals surface area contributed by atoms with Crippen LogP contribution in [0.3, 0.4) is 0 Å². The van der Waals surface area contributed by atoms with Gasteiger partial charge in [0.05, 0.1) is 6.61 Å². The van der Waals surface area contributed by atoms with Crippen LogP contribution in [-0.2, 0) is 4.79 Å². The van der Waals surface area contributed by atoms with E-state index < -0.39 is 24.6 Å². The van der Waals surface area contributed by atoms with Crippen LogP contribution >= 0.6 is 0 Å². The van der Waals surface area contributed by atoms with Crippen molar-refractivity contribution in [3.05, 3.63) is 0 Å². The van der Waals surface area contributed by atoms with Crippen molar-refractivity contribution in [2.45, 2.75) is 25.0 Å². The van der Waals surface area contributed by atoms with Crippen molar-refractivity contribution < 1.29 is 25.2 Å². The van der Waals surface area contributed by atoms with E-state index in [0.29, 0.717) is 0 Å². The number of hydrogen-bond acceptors (Lipinski definition) is 5. The largest absolute Gasteiger partial charge is 0.396 e. The first-order chi connectivity index (χ1) is 5.63. The zero-order chi connectivity index (χ0) is 9.56. The van der Waals surface area contributed by atoms with E-state index in [1.165, 1.54) is 0 Å². The standard InChI is InChI=1S/C7H14O5/c8-3-1-2-5(10)7(12)6(11)4-9/h6-9,11-12H,1-4H2/t6-,7+/m1/s1. The second kappa shape index (κ2) is 6.07. The molecule has 0 aliphatic rings. The van der Waals surface area contributed by atoms with Crippen molar-refractivity contribution in [3.63, 3.8) is 0 Å². The Kier molecular flexibility index (Phi) is 5.83. The Morgan fingerprint density at radius 3 is 2.25 bits per heavy atom. The molecular formula is C7H14O5. The van der Waals surface area contributed by atoms with E-state index in [-0.39, 0.29) is 19.4 Å². The first kappa shape index (κ1) is 11.5. The summed E-state index contributed by atoms with van der Waals surface area (Å²) < 4.78 is 0. The van der Waals surface area contributed by atoms with Gasteiger partial charge in [-0.3, -0.25) is 4.79 Å². The number of carbonyl (C=O) groups excluding carboxylic acids is 1. The molecular weight excluding hydrogens is 164 g/mol. The quantitative estimate of drug-likeness (QED) is 0.378. The highest BCUT2D eigenvalue weighted by molar-refractivity contribution is 5.83. The highest BCUT2D eigenvalue weighted by Crippen LogP contribution is 2.00. The molecule has 0 aromatic heterocycles. The second-order valence-corrected chi connectivity index (χ2v) is 2.49. The Bertz CT molecular complexity index is 136. The molecule has 0 spiro atoms. The van der Waals surface area contributed by atoms with Gasteiger partial charge in [0.25, 0.3) is 0 Å². The summed E-state index contributed by atoms with van der Waals surface area (Å²) in [4.78, 5) is 10.9. The van der Waals surface area contributed by atoms with Gasteiger partial charge in [0.1, 0.15) is 12.2 Å². The van der Waals surface area contributed by atoms with Crippen molar-refractivity contribution in [2.24, 2.45) is 0 Å². The predicted molar refractivity (Wildman–Crippen MR) is 40.4 cm³/mol. The van der Waals surface area contributed by atoms with E-state index in [9.17, 15) is 4.79 Å². The Morgan fingerprint density at radius 2 is 1.83 bits per heavy atom. The van der Waals surface area contributed by atoms with Gasteiger partial charge in [-0.05, 0) is 6.42 Å². The van der Waals surface area contributed by atoms with Crippen LogP contribution in [0.25, 0.3) is 0 Å². The van der Waals surface area contributed by atoms with E-state index in [2.05, 4.69) is 0 Å². The summed E-state index contributed by atoms with van der Waals surface area (Å²) in [6.07, 6.45) is -2.69. The smallest absolute Gasteiger partial charge is 0.164 e. The van der Waals surface area contributed by atoms with Gasteiger partial charge >= 0.3 is 0 Å². The highest BCUT2D eigenvalue weighted by Gasteiger charge is 2.22. The van der Waals surface area contributed by atoms with E-state index in [0.717, 1.165) is 0 Å². The minimum atomic E-state index is -1.54. The van der Waals surface area contributed by atoms with Gasteiger partial charge in [-0.15, -0.1) is 0 Å². The number of aliphatic hydroxyl groups excluding tert-OH is 4. The summed E-state index contributed by atoms with van der Waals surface area (Å²) >= 11 is 0. The van der Waals surface area contributed by atoms with Gasteiger partial charge in [0, 0.05) is 13.0 Å². The second-order valence-electron chi connectivity index (χ2n) is 2.49. The Morgan fingerprint density at radius 1 is 1.25 bits per heavy atom. The van der Waals surface area contributed by atoms with Gasteiger partial charge in [-0.25, -0.2) is 0 Å². The van der Waals surface area contributed by atoms with Gasteiger partial charge in [0.15, 0.2) is 5.78 Å². The third-order valence-corrected chi connectivity index (χ3v) is 1.46. The third-order valence-electron chi connectivity index (χ3n) is 1.46. The molecule has 0 amide bonds. The summed E-state index contributed by atoms with van der Waals surface area (Å²) in [6, 6.07) is 0. The summed E-state index contributed by atoms with van der Waals surface area (Å²) in [5, 5.41) is 34.5. The van der Waals surface area contributed by atoms with Gasteiger partial charge in [-0.2, -0.15) is 0 Å². The highest BCUT2D eigenvalue weighted by atomic mass is 16.4. The summed E-state index contributed by atoms with van der Waals surface area (Å²) in [6.45, 7) is -0.778. The van der Waals surface area contributed by atoms with E-state index in [4.69, 9.17) is 20.4 Å². The molecule has 12 heavy (non-hydrogen) atoms. The normalized spacial score (nSPS) is 15.7. The fourth-order valence-electron chi connectivity index (χ4n) is 0.716. The molecule has 4 N–H and O–H groups in total. The van der Waals surface area contributed by atoms with Crippen molar-refractivity contribution in [1.29, 1.82) is 0 Å². The molecule has 0 unspecified atom stereocenters. The predicted octanol–water partition coefficient (Wildman–Crippen LogP) is -1.96. The molecule has 0 bridgehead atoms. The molecule has 0 fully saturated rings. The topological polar surface area (TPSA) is 98.0 Å². The monoisotopic (exact) mass is 178 g/mol. The zero-order valence-electron chi connectivity index (χ0n) is 6.68. The van der Waals surface area contributed by atoms with E-state index in [1.54, 1.807) is 0 Å². The zero-order valence-corrected chi connectivity index (χ0v) is 6.68. The van der Waals surface area contributed by atoms with Crippen molar-refractivity contribution >= 4 is 5.78 Å². The van der Waals surface area contributed by atoms with Crippen LogP contribution in [0.4, 0.5) is 0 Å². The first-order valence-electron chi connectivity index (χ1n) is 3.74. The maximum Gasteiger partial charge on any atom is 0.164 e. The van der Waals surface area contributed by atoms with Gasteiger partial charge in [-0.1, -0.05) is 0 Å². The first-order valence-corrected chi connectivity index (χ1v) is 3.74. The molecule has 0 aliphatic heterocycles. The molecule has 0 aromatic rings. The molecule has 72 valence electrons. The SMILES string of the molecule is O=C(CCCO)[C@H](O)[C@H](O)CO. The van der Waals surface area contributed by atoms with Crippen LogP contribution in [0.5, 0.6) is 0 Å². The lowest BCUT2D eigenvalue weighted by atomic mass is 10.1. The molecule has 0 aromatic carbocycles. The maximum atomic E-state index is 10.9. The fourth-order valence-corrected chi connectivity index (χ4v) is 0.716. The van der Waals surface area contributed by atoms with E-state index in [1.807, 2.05) is 0 Å². The number of aliphatic hydroxyl groups is 4. The van der Waals surface area contributed by atoms with Gasteiger partial charge in [0.2, 0.25) is 0 Å². The average molecular weight is 178 g/mol. The molecule has 5 nitrogen and oxygen atoms in total. The number of rotatable bonds is 6. The van der Waals surface area contributed by atoms with Crippen LogP contribution in [0.2, 0.25) is 0 Å². The lowest BCUT2D eigenvalue weighted by Crippen LogP contribution is -2.36. The lowest BCUT2D eigenvalue weighted by Gasteiger charge is -2.13. The molecule has 0 heterocycles. The van der Waals surface area contributed by atoms with Crippen LogP contribution in [-0.4, -0.2) is 51.6 Å². The molecule has 2 atom stereocenters. The van der Waals surface area contributed by atoms with Crippen LogP contribution in [0.15, 0.2) is 0 Å². The number of carbonyl (C=O) groups is 1. The van der Waals surface area contributed by atoms with Crippen molar-refractivity contribution in [3.8, 4) is 0 Å². The van der Waals surface area contributed by atoms with Crippen LogP contribution in [0, 0.1) is 0 Å². The Balaban J connectivity index is 3.75. The summed E-state index contributed by atoms with van der Waals surface area (Å²) in [5.74, 6) is -0.564. The lowest BCUT2D eigenvalue weighted by molar-refractivity contribution is -0.134. The van der Waals surface area contributed by atoms with Gasteiger partial charge < -0.3 is 20.4 Å². The maximum absolute atomic E-state index is 10.9. The molecule has 0 rings (SSSR count). The molecule has 5 heteroatoms. The number of ketones is 1. The Hall–Kier alpha value is -0.490.